The van der Waals surface area contributed by atoms with Gasteiger partial charge >= 0.3 is 0 Å². The van der Waals surface area contributed by atoms with E-state index in [1.165, 1.54) is 21.7 Å². The van der Waals surface area contributed by atoms with Crippen LogP contribution in [0.2, 0.25) is 0 Å². The third kappa shape index (κ3) is 3.74. The highest BCUT2D eigenvalue weighted by atomic mass is 31.2. The lowest BCUT2D eigenvalue weighted by atomic mass is 10.2. The lowest BCUT2D eigenvalue weighted by Crippen LogP contribution is -2.31. The van der Waals surface area contributed by atoms with Crippen LogP contribution in [-0.4, -0.2) is 18.8 Å². The van der Waals surface area contributed by atoms with Crippen LogP contribution in [0.1, 0.15) is 11.1 Å². The quantitative estimate of drug-likeness (QED) is 0.580. The van der Waals surface area contributed by atoms with Gasteiger partial charge in [0, 0.05) is 14.1 Å². The van der Waals surface area contributed by atoms with Gasteiger partial charge in [-0.1, -0.05) is 66.2 Å². The lowest BCUT2D eigenvalue weighted by molar-refractivity contribution is 0.681. The summed E-state index contributed by atoms with van der Waals surface area (Å²) < 4.78 is 2.39. The highest BCUT2D eigenvalue weighted by Crippen LogP contribution is 2.59. The lowest BCUT2D eigenvalue weighted by Gasteiger charge is -2.29. The number of hydrogen-bond acceptors (Lipinski definition) is 1. The first-order valence-corrected chi connectivity index (χ1v) is 10.4. The maximum atomic E-state index is 2.42. The minimum atomic E-state index is -1.80. The molecule has 1 nitrogen and oxygen atoms in total. The molecule has 0 aromatic heterocycles. The SMILES string of the molecule is Cc1ccc(/C=C/[P+](c2ccccc2)(c2ccccc2)N(C)C)cc1. The van der Waals surface area contributed by atoms with Gasteiger partial charge in [-0.05, 0) is 42.8 Å². The predicted octanol–water partition coefficient (Wildman–Crippen LogP) is 5.11. The first-order chi connectivity index (χ1) is 12.1. The zero-order chi connectivity index (χ0) is 17.7. The Kier molecular flexibility index (Phi) is 5.48. The molecule has 0 heterocycles. The molecule has 3 aromatic rings. The molecule has 0 spiro atoms. The largest absolute Gasteiger partial charge is 0.173 e. The normalized spacial score (nSPS) is 12.0. The summed E-state index contributed by atoms with van der Waals surface area (Å²) in [6, 6.07) is 30.4. The average Bonchev–Trinajstić information content (AvgIpc) is 2.65. The number of nitrogens with zero attached hydrogens (tertiary/aromatic N) is 1. The van der Waals surface area contributed by atoms with Gasteiger partial charge in [0.15, 0.2) is 7.41 Å². The molecule has 0 N–H and O–H groups in total. The monoisotopic (exact) mass is 346 g/mol. The Morgan fingerprint density at radius 1 is 0.680 bits per heavy atom. The van der Waals surface area contributed by atoms with Crippen molar-refractivity contribution in [3.8, 4) is 0 Å². The van der Waals surface area contributed by atoms with E-state index in [-0.39, 0.29) is 0 Å². The second-order valence-electron chi connectivity index (χ2n) is 6.43. The molecule has 0 atom stereocenters. The Labute approximate surface area is 152 Å². The third-order valence-corrected chi connectivity index (χ3v) is 8.50. The standard InChI is InChI=1S/C23H25NP/c1-20-14-16-21(17-15-20)18-19-25(24(2)3,22-10-6-4-7-11-22)23-12-8-5-9-13-23/h4-19H,1-3H3/q+1/b19-18+. The molecule has 0 saturated carbocycles. The molecular weight excluding hydrogens is 321 g/mol. The van der Waals surface area contributed by atoms with E-state index < -0.39 is 7.41 Å². The van der Waals surface area contributed by atoms with Crippen LogP contribution in [0.15, 0.2) is 90.7 Å². The summed E-state index contributed by atoms with van der Waals surface area (Å²) in [6.07, 6.45) is 2.27. The average molecular weight is 346 g/mol. The van der Waals surface area contributed by atoms with E-state index in [9.17, 15) is 0 Å². The molecule has 0 radical (unpaired) electrons. The molecule has 0 unspecified atom stereocenters. The van der Waals surface area contributed by atoms with Crippen molar-refractivity contribution in [2.24, 2.45) is 0 Å². The van der Waals surface area contributed by atoms with Crippen molar-refractivity contribution in [3.05, 3.63) is 102 Å². The number of rotatable bonds is 5. The Morgan fingerprint density at radius 2 is 1.16 bits per heavy atom. The molecule has 3 rings (SSSR count). The molecule has 3 aromatic carbocycles. The molecule has 0 fully saturated rings. The van der Waals surface area contributed by atoms with Gasteiger partial charge in [0.2, 0.25) is 0 Å². The first-order valence-electron chi connectivity index (χ1n) is 8.56. The molecule has 0 saturated heterocycles. The van der Waals surface area contributed by atoms with Crippen molar-refractivity contribution >= 4 is 24.1 Å². The summed E-state index contributed by atoms with van der Waals surface area (Å²) in [4.78, 5) is 0. The second kappa shape index (κ2) is 7.78. The van der Waals surface area contributed by atoms with Crippen LogP contribution in [0, 0.1) is 6.92 Å². The topological polar surface area (TPSA) is 3.24 Å². The van der Waals surface area contributed by atoms with E-state index in [1.54, 1.807) is 0 Å². The number of benzene rings is 3. The van der Waals surface area contributed by atoms with Crippen LogP contribution in [0.25, 0.3) is 6.08 Å². The molecule has 25 heavy (non-hydrogen) atoms. The maximum Gasteiger partial charge on any atom is 0.173 e. The molecular formula is C23H25NP+. The molecule has 0 aliphatic carbocycles. The fourth-order valence-corrected chi connectivity index (χ4v) is 6.57. The van der Waals surface area contributed by atoms with Gasteiger partial charge in [-0.2, -0.15) is 4.67 Å². The smallest absolute Gasteiger partial charge is 0.173 e. The zero-order valence-corrected chi connectivity index (χ0v) is 16.0. The highest BCUT2D eigenvalue weighted by molar-refractivity contribution is 7.90. The fourth-order valence-electron chi connectivity index (χ4n) is 3.10. The Hall–Kier alpha value is -2.21. The summed E-state index contributed by atoms with van der Waals surface area (Å²) in [5.74, 6) is 2.42. The van der Waals surface area contributed by atoms with E-state index in [4.69, 9.17) is 0 Å². The van der Waals surface area contributed by atoms with Gasteiger partial charge in [0.05, 0.1) is 5.82 Å². The number of aryl methyl sites for hydroxylation is 1. The van der Waals surface area contributed by atoms with E-state index in [2.05, 4.69) is 123 Å². The van der Waals surface area contributed by atoms with E-state index >= 15 is 0 Å². The minimum absolute atomic E-state index is 1.24. The Bertz CT molecular complexity index is 781. The summed E-state index contributed by atoms with van der Waals surface area (Å²) in [7, 11) is 2.58. The van der Waals surface area contributed by atoms with Crippen LogP contribution in [-0.2, 0) is 0 Å². The Balaban J connectivity index is 2.15. The van der Waals surface area contributed by atoms with Crippen molar-refractivity contribution in [3.63, 3.8) is 0 Å². The summed E-state index contributed by atoms with van der Waals surface area (Å²) in [5, 5.41) is 2.74. The van der Waals surface area contributed by atoms with Gasteiger partial charge in [0.25, 0.3) is 0 Å². The summed E-state index contributed by atoms with van der Waals surface area (Å²) in [5.41, 5.74) is 2.53. The van der Waals surface area contributed by atoms with E-state index in [1.807, 2.05) is 0 Å². The van der Waals surface area contributed by atoms with Crippen LogP contribution >= 0.6 is 7.41 Å². The van der Waals surface area contributed by atoms with E-state index in [0.717, 1.165) is 0 Å². The van der Waals surface area contributed by atoms with Crippen LogP contribution in [0.4, 0.5) is 0 Å². The highest BCUT2D eigenvalue weighted by Gasteiger charge is 2.43. The fraction of sp³-hybridized carbons (Fsp3) is 0.130. The van der Waals surface area contributed by atoms with Crippen molar-refractivity contribution in [1.29, 1.82) is 0 Å². The predicted molar refractivity (Wildman–Crippen MR) is 113 cm³/mol. The summed E-state index contributed by atoms with van der Waals surface area (Å²) >= 11 is 0. The maximum absolute atomic E-state index is 2.42. The van der Waals surface area contributed by atoms with Crippen molar-refractivity contribution in [2.75, 3.05) is 14.1 Å². The molecule has 0 aliphatic heterocycles. The van der Waals surface area contributed by atoms with Crippen LogP contribution in [0.3, 0.4) is 0 Å². The molecule has 0 bridgehead atoms. The second-order valence-corrected chi connectivity index (χ2v) is 9.93. The molecule has 0 aliphatic rings. The van der Waals surface area contributed by atoms with Crippen LogP contribution in [0.5, 0.6) is 0 Å². The van der Waals surface area contributed by atoms with Gasteiger partial charge < -0.3 is 0 Å². The minimum Gasteiger partial charge on any atom is -0.173 e. The number of hydrogen-bond donors (Lipinski definition) is 0. The Morgan fingerprint density at radius 3 is 1.60 bits per heavy atom. The summed E-state index contributed by atoms with van der Waals surface area (Å²) in [6.45, 7) is 2.12. The van der Waals surface area contributed by atoms with E-state index in [0.29, 0.717) is 0 Å². The van der Waals surface area contributed by atoms with Crippen molar-refractivity contribution < 1.29 is 0 Å². The van der Waals surface area contributed by atoms with Crippen molar-refractivity contribution in [1.82, 2.24) is 4.67 Å². The van der Waals surface area contributed by atoms with Crippen LogP contribution < -0.4 is 10.6 Å². The van der Waals surface area contributed by atoms with Gasteiger partial charge in [0.1, 0.15) is 10.6 Å². The molecule has 0 amide bonds. The van der Waals surface area contributed by atoms with Crippen molar-refractivity contribution in [2.45, 2.75) is 6.92 Å². The van der Waals surface area contributed by atoms with Gasteiger partial charge in [-0.25, -0.2) is 0 Å². The van der Waals surface area contributed by atoms with Gasteiger partial charge in [-0.15, -0.1) is 0 Å². The molecule has 126 valence electrons. The third-order valence-electron chi connectivity index (χ3n) is 4.49. The molecule has 2 heteroatoms. The zero-order valence-electron chi connectivity index (χ0n) is 15.1. The van der Waals surface area contributed by atoms with Gasteiger partial charge in [-0.3, -0.25) is 0 Å². The first kappa shape index (κ1) is 17.6.